The molecule has 3 heteroatoms. The molecule has 0 fully saturated rings. The molecule has 2 nitrogen and oxygen atoms in total. The summed E-state index contributed by atoms with van der Waals surface area (Å²) in [5.41, 5.74) is -0.945. The Morgan fingerprint density at radius 1 is 1.82 bits per heavy atom. The van der Waals surface area contributed by atoms with Crippen LogP contribution < -0.4 is 0 Å². The van der Waals surface area contributed by atoms with E-state index in [1.54, 1.807) is 6.92 Å². The Morgan fingerprint density at radius 2 is 2.45 bits per heavy atom. The van der Waals surface area contributed by atoms with Gasteiger partial charge in [0, 0.05) is 20.0 Å². The predicted molar refractivity (Wildman–Crippen MR) is 39.8 cm³/mol. The van der Waals surface area contributed by atoms with Gasteiger partial charge in [-0.3, -0.25) is 0 Å². The Morgan fingerprint density at radius 3 is 2.91 bits per heavy atom. The van der Waals surface area contributed by atoms with Crippen molar-refractivity contribution in [2.45, 2.75) is 31.5 Å². The monoisotopic (exact) mass is 160 g/mol. The molecule has 0 unspecified atom stereocenters. The number of rotatable bonds is 1. The van der Waals surface area contributed by atoms with Crippen molar-refractivity contribution >= 4 is 0 Å². The first-order chi connectivity index (χ1) is 5.03. The van der Waals surface area contributed by atoms with Crippen LogP contribution in [-0.4, -0.2) is 23.9 Å². The lowest BCUT2D eigenvalue weighted by molar-refractivity contribution is -0.0104. The molecule has 1 aliphatic rings. The van der Waals surface area contributed by atoms with Crippen molar-refractivity contribution in [1.82, 2.24) is 0 Å². The fraction of sp³-hybridized carbons (Fsp3) is 0.750. The molecule has 1 aliphatic carbocycles. The molecule has 0 aromatic carbocycles. The fourth-order valence-corrected chi connectivity index (χ4v) is 1.34. The lowest BCUT2D eigenvalue weighted by Crippen LogP contribution is -2.33. The Bertz CT molecular complexity index is 175. The van der Waals surface area contributed by atoms with Crippen molar-refractivity contribution in [2.75, 3.05) is 7.11 Å². The summed E-state index contributed by atoms with van der Waals surface area (Å²) in [7, 11) is 1.51. The first kappa shape index (κ1) is 8.68. The topological polar surface area (TPSA) is 29.5 Å². The smallest absolute Gasteiger partial charge is 0.101 e. The summed E-state index contributed by atoms with van der Waals surface area (Å²) in [5, 5.41) is 9.49. The molecule has 64 valence electrons. The molecule has 1 rings (SSSR count). The summed E-state index contributed by atoms with van der Waals surface area (Å²) in [6, 6.07) is 0. The zero-order valence-electron chi connectivity index (χ0n) is 6.80. The molecule has 2 atom stereocenters. The zero-order chi connectivity index (χ0) is 8.48. The summed E-state index contributed by atoms with van der Waals surface area (Å²) < 4.78 is 17.7. The highest BCUT2D eigenvalue weighted by Crippen LogP contribution is 2.29. The van der Waals surface area contributed by atoms with Crippen LogP contribution in [0.3, 0.4) is 0 Å². The van der Waals surface area contributed by atoms with E-state index in [0.717, 1.165) is 0 Å². The molecule has 0 aromatic rings. The summed E-state index contributed by atoms with van der Waals surface area (Å²) in [6.45, 7) is 1.62. The SMILES string of the molecule is CO[C@@H]1C=C(F)C[C@@](C)(O)C1. The van der Waals surface area contributed by atoms with Crippen molar-refractivity contribution in [3.05, 3.63) is 11.9 Å². The van der Waals surface area contributed by atoms with Crippen LogP contribution in [0.1, 0.15) is 19.8 Å². The number of methoxy groups -OCH3 is 1. The van der Waals surface area contributed by atoms with Gasteiger partial charge in [0.1, 0.15) is 5.83 Å². The number of ether oxygens (including phenoxy) is 1. The summed E-state index contributed by atoms with van der Waals surface area (Å²) in [4.78, 5) is 0. The van der Waals surface area contributed by atoms with E-state index in [4.69, 9.17) is 4.74 Å². The van der Waals surface area contributed by atoms with E-state index in [1.165, 1.54) is 13.2 Å². The minimum absolute atomic E-state index is 0.104. The second-order valence-corrected chi connectivity index (χ2v) is 3.27. The molecule has 0 amide bonds. The zero-order valence-corrected chi connectivity index (χ0v) is 6.80. The molecule has 0 aromatic heterocycles. The Balaban J connectivity index is 2.68. The average molecular weight is 160 g/mol. The van der Waals surface area contributed by atoms with E-state index in [9.17, 15) is 9.50 Å². The number of aliphatic hydroxyl groups is 1. The minimum atomic E-state index is -0.945. The van der Waals surface area contributed by atoms with E-state index in [1.807, 2.05) is 0 Å². The molecule has 0 saturated heterocycles. The van der Waals surface area contributed by atoms with Gasteiger partial charge in [0.05, 0.1) is 11.7 Å². The normalized spacial score (nSPS) is 38.5. The van der Waals surface area contributed by atoms with Crippen molar-refractivity contribution in [1.29, 1.82) is 0 Å². The molecular formula is C8H13FO2. The molecule has 1 N–H and O–H groups in total. The largest absolute Gasteiger partial charge is 0.390 e. The average Bonchev–Trinajstić information content (AvgIpc) is 1.83. The van der Waals surface area contributed by atoms with Gasteiger partial charge in [-0.05, 0) is 13.0 Å². The number of hydrogen-bond acceptors (Lipinski definition) is 2. The van der Waals surface area contributed by atoms with Crippen molar-refractivity contribution in [3.63, 3.8) is 0 Å². The molecular weight excluding hydrogens is 147 g/mol. The van der Waals surface area contributed by atoms with E-state index in [2.05, 4.69) is 0 Å². The molecule has 0 heterocycles. The van der Waals surface area contributed by atoms with Crippen LogP contribution in [-0.2, 0) is 4.74 Å². The first-order valence-corrected chi connectivity index (χ1v) is 3.65. The third kappa shape index (κ3) is 2.27. The summed E-state index contributed by atoms with van der Waals surface area (Å²) in [6.07, 6.45) is 1.71. The minimum Gasteiger partial charge on any atom is -0.390 e. The number of hydrogen-bond donors (Lipinski definition) is 1. The van der Waals surface area contributed by atoms with Crippen LogP contribution in [0.25, 0.3) is 0 Å². The van der Waals surface area contributed by atoms with E-state index in [-0.39, 0.29) is 18.4 Å². The second kappa shape index (κ2) is 2.91. The van der Waals surface area contributed by atoms with Crippen LogP contribution >= 0.6 is 0 Å². The Kier molecular flexibility index (Phi) is 2.30. The van der Waals surface area contributed by atoms with Crippen LogP contribution in [0.5, 0.6) is 0 Å². The van der Waals surface area contributed by atoms with Crippen molar-refractivity contribution < 1.29 is 14.2 Å². The van der Waals surface area contributed by atoms with Crippen LogP contribution in [0.4, 0.5) is 4.39 Å². The molecule has 0 saturated carbocycles. The Labute approximate surface area is 65.7 Å². The van der Waals surface area contributed by atoms with Crippen molar-refractivity contribution in [2.24, 2.45) is 0 Å². The molecule has 0 radical (unpaired) electrons. The van der Waals surface area contributed by atoms with Crippen LogP contribution in [0.15, 0.2) is 11.9 Å². The highest BCUT2D eigenvalue weighted by Gasteiger charge is 2.30. The first-order valence-electron chi connectivity index (χ1n) is 3.65. The quantitative estimate of drug-likeness (QED) is 0.628. The molecule has 0 aliphatic heterocycles. The Hall–Kier alpha value is -0.410. The summed E-state index contributed by atoms with van der Waals surface area (Å²) in [5.74, 6) is -0.284. The number of halogens is 1. The van der Waals surface area contributed by atoms with Crippen molar-refractivity contribution in [3.8, 4) is 0 Å². The van der Waals surface area contributed by atoms with E-state index in [0.29, 0.717) is 6.42 Å². The maximum Gasteiger partial charge on any atom is 0.101 e. The van der Waals surface area contributed by atoms with Gasteiger partial charge in [-0.1, -0.05) is 0 Å². The van der Waals surface area contributed by atoms with E-state index < -0.39 is 5.60 Å². The lowest BCUT2D eigenvalue weighted by Gasteiger charge is -2.29. The summed E-state index contributed by atoms with van der Waals surface area (Å²) >= 11 is 0. The molecule has 0 spiro atoms. The van der Waals surface area contributed by atoms with E-state index >= 15 is 0 Å². The predicted octanol–water partition coefficient (Wildman–Crippen LogP) is 1.40. The lowest BCUT2D eigenvalue weighted by atomic mass is 9.89. The standard InChI is InChI=1S/C8H13FO2/c1-8(10)4-6(9)3-7(5-8)11-2/h3,7,10H,4-5H2,1-2H3/t7-,8-/m1/s1. The molecule has 0 bridgehead atoms. The highest BCUT2D eigenvalue weighted by molar-refractivity contribution is 5.08. The maximum absolute atomic E-state index is 12.7. The third-order valence-corrected chi connectivity index (χ3v) is 1.86. The van der Waals surface area contributed by atoms with Gasteiger partial charge >= 0.3 is 0 Å². The van der Waals surface area contributed by atoms with Gasteiger partial charge in [0.15, 0.2) is 0 Å². The van der Waals surface area contributed by atoms with Crippen LogP contribution in [0, 0.1) is 0 Å². The second-order valence-electron chi connectivity index (χ2n) is 3.27. The highest BCUT2D eigenvalue weighted by atomic mass is 19.1. The van der Waals surface area contributed by atoms with Gasteiger partial charge < -0.3 is 9.84 Å². The van der Waals surface area contributed by atoms with Gasteiger partial charge in [0.25, 0.3) is 0 Å². The maximum atomic E-state index is 12.7. The van der Waals surface area contributed by atoms with Gasteiger partial charge in [-0.2, -0.15) is 0 Å². The third-order valence-electron chi connectivity index (χ3n) is 1.86. The van der Waals surface area contributed by atoms with Gasteiger partial charge in [-0.15, -0.1) is 0 Å². The van der Waals surface area contributed by atoms with Gasteiger partial charge in [0.2, 0.25) is 0 Å². The van der Waals surface area contributed by atoms with Crippen LogP contribution in [0.2, 0.25) is 0 Å². The molecule has 11 heavy (non-hydrogen) atoms. The fourth-order valence-electron chi connectivity index (χ4n) is 1.34. The van der Waals surface area contributed by atoms with Gasteiger partial charge in [-0.25, -0.2) is 4.39 Å².